The van der Waals surface area contributed by atoms with Crippen LogP contribution < -0.4 is 10.1 Å². The van der Waals surface area contributed by atoms with Gasteiger partial charge < -0.3 is 19.7 Å². The van der Waals surface area contributed by atoms with Crippen LogP contribution in [0.15, 0.2) is 53.1 Å². The van der Waals surface area contributed by atoms with Crippen LogP contribution in [0.4, 0.5) is 0 Å². The van der Waals surface area contributed by atoms with Gasteiger partial charge in [-0.25, -0.2) is 0 Å². The van der Waals surface area contributed by atoms with Crippen molar-refractivity contribution in [2.75, 3.05) is 6.54 Å². The first-order valence-electron chi connectivity index (χ1n) is 9.65. The Morgan fingerprint density at radius 3 is 2.50 bits per heavy atom. The molecule has 0 aliphatic rings. The molecule has 0 fully saturated rings. The van der Waals surface area contributed by atoms with Gasteiger partial charge in [-0.1, -0.05) is 46.6 Å². The normalized spacial score (nSPS) is 11.0. The van der Waals surface area contributed by atoms with Gasteiger partial charge in [0.2, 0.25) is 5.91 Å². The Kier molecular flexibility index (Phi) is 7.92. The molecule has 2 N–H and O–H groups in total. The summed E-state index contributed by atoms with van der Waals surface area (Å²) in [5.41, 5.74) is 2.65. The molecule has 32 heavy (non-hydrogen) atoms. The second kappa shape index (κ2) is 10.8. The number of nitrogens with one attached hydrogen (secondary N) is 1. The summed E-state index contributed by atoms with van der Waals surface area (Å²) in [5, 5.41) is 16.1. The Hall–Kier alpha value is -3.29. The zero-order valence-corrected chi connectivity index (χ0v) is 18.6. The Labute approximate surface area is 194 Å². The fourth-order valence-electron chi connectivity index (χ4n) is 2.84. The van der Waals surface area contributed by atoms with Gasteiger partial charge in [-0.05, 0) is 42.8 Å². The van der Waals surface area contributed by atoms with Crippen LogP contribution in [0.2, 0.25) is 10.0 Å². The molecule has 7 nitrogen and oxygen atoms in total. The van der Waals surface area contributed by atoms with Gasteiger partial charge in [0, 0.05) is 18.2 Å². The van der Waals surface area contributed by atoms with Crippen LogP contribution in [-0.4, -0.2) is 28.7 Å². The summed E-state index contributed by atoms with van der Waals surface area (Å²) in [4.78, 5) is 22.1. The highest BCUT2D eigenvalue weighted by Crippen LogP contribution is 2.37. The molecular formula is C23H20Cl2N2O5. The van der Waals surface area contributed by atoms with Crippen LogP contribution in [0.1, 0.15) is 23.3 Å². The Morgan fingerprint density at radius 1 is 1.16 bits per heavy atom. The summed E-state index contributed by atoms with van der Waals surface area (Å²) in [6, 6.07) is 12.4. The monoisotopic (exact) mass is 474 g/mol. The van der Waals surface area contributed by atoms with Crippen molar-refractivity contribution in [1.29, 1.82) is 0 Å². The number of rotatable bonds is 9. The maximum atomic E-state index is 11.7. The van der Waals surface area contributed by atoms with Crippen LogP contribution >= 0.6 is 23.2 Å². The molecule has 166 valence electrons. The molecule has 9 heteroatoms. The highest BCUT2D eigenvalue weighted by molar-refractivity contribution is 6.39. The number of hydrogen-bond acceptors (Lipinski definition) is 5. The van der Waals surface area contributed by atoms with Crippen molar-refractivity contribution in [2.45, 2.75) is 20.0 Å². The van der Waals surface area contributed by atoms with Crippen LogP contribution in [0.25, 0.3) is 17.3 Å². The van der Waals surface area contributed by atoms with E-state index in [1.54, 1.807) is 55.5 Å². The lowest BCUT2D eigenvalue weighted by molar-refractivity contribution is -0.136. The lowest BCUT2D eigenvalue weighted by atomic mass is 10.1. The van der Waals surface area contributed by atoms with Crippen LogP contribution in [0, 0.1) is 6.92 Å². The van der Waals surface area contributed by atoms with Gasteiger partial charge in [-0.3, -0.25) is 9.59 Å². The molecule has 0 spiro atoms. The summed E-state index contributed by atoms with van der Waals surface area (Å²) >= 11 is 12.6. The number of halogens is 2. The van der Waals surface area contributed by atoms with Crippen molar-refractivity contribution in [1.82, 2.24) is 10.5 Å². The van der Waals surface area contributed by atoms with Gasteiger partial charge in [0.05, 0.1) is 22.0 Å². The van der Waals surface area contributed by atoms with Gasteiger partial charge in [0.25, 0.3) is 0 Å². The fourth-order valence-corrected chi connectivity index (χ4v) is 3.41. The molecule has 1 heterocycles. The highest BCUT2D eigenvalue weighted by atomic mass is 35.5. The number of carboxylic acids is 1. The quantitative estimate of drug-likeness (QED) is 0.416. The number of carboxylic acid groups (broad SMARTS) is 1. The Morgan fingerprint density at radius 2 is 1.84 bits per heavy atom. The number of aromatic nitrogens is 1. The van der Waals surface area contributed by atoms with Gasteiger partial charge in [0.1, 0.15) is 23.8 Å². The van der Waals surface area contributed by atoms with Crippen molar-refractivity contribution in [3.63, 3.8) is 0 Å². The molecule has 0 bridgehead atoms. The van der Waals surface area contributed by atoms with E-state index in [4.69, 9.17) is 37.6 Å². The van der Waals surface area contributed by atoms with E-state index in [1.165, 1.54) is 6.08 Å². The summed E-state index contributed by atoms with van der Waals surface area (Å²) < 4.78 is 11.2. The van der Waals surface area contributed by atoms with Gasteiger partial charge in [-0.15, -0.1) is 0 Å². The van der Waals surface area contributed by atoms with Crippen molar-refractivity contribution in [3.05, 3.63) is 75.5 Å². The third-order valence-electron chi connectivity index (χ3n) is 4.51. The first-order valence-corrected chi connectivity index (χ1v) is 10.4. The zero-order chi connectivity index (χ0) is 23.1. The first kappa shape index (κ1) is 23.4. The van der Waals surface area contributed by atoms with E-state index in [1.807, 2.05) is 0 Å². The molecule has 1 amide bonds. The van der Waals surface area contributed by atoms with E-state index in [0.29, 0.717) is 32.8 Å². The van der Waals surface area contributed by atoms with Crippen molar-refractivity contribution < 1.29 is 24.0 Å². The number of amides is 1. The zero-order valence-electron chi connectivity index (χ0n) is 17.1. The number of benzene rings is 2. The number of hydrogen-bond donors (Lipinski definition) is 2. The number of aliphatic carboxylic acids is 1. The minimum atomic E-state index is -0.964. The Bertz CT molecular complexity index is 1120. The standard InChI is InChI=1S/C23H20Cl2N2O5/c1-14-17(23(27-32-14)22-18(24)3-2-4-19(22)25)13-31-16-8-5-15(6-9-16)7-10-20(28)26-12-11-21(29)30/h2-10H,11-13H2,1H3,(H,26,28)(H,29,30). The second-order valence-corrected chi connectivity index (χ2v) is 7.60. The predicted octanol–water partition coefficient (Wildman–Crippen LogP) is 5.14. The summed E-state index contributed by atoms with van der Waals surface area (Å²) in [6.07, 6.45) is 2.85. The first-order chi connectivity index (χ1) is 15.3. The van der Waals surface area contributed by atoms with E-state index in [0.717, 1.165) is 11.1 Å². The van der Waals surface area contributed by atoms with Crippen molar-refractivity contribution >= 4 is 41.2 Å². The van der Waals surface area contributed by atoms with Crippen LogP contribution in [0.3, 0.4) is 0 Å². The molecule has 0 unspecified atom stereocenters. The minimum Gasteiger partial charge on any atom is -0.489 e. The summed E-state index contributed by atoms with van der Waals surface area (Å²) in [5.74, 6) is -0.108. The van der Waals surface area contributed by atoms with E-state index in [2.05, 4.69) is 10.5 Å². The third kappa shape index (κ3) is 6.12. The smallest absolute Gasteiger partial charge is 0.305 e. The maximum Gasteiger partial charge on any atom is 0.305 e. The lowest BCUT2D eigenvalue weighted by Crippen LogP contribution is -2.23. The number of carbonyl (C=O) groups is 2. The summed E-state index contributed by atoms with van der Waals surface area (Å²) in [6.45, 7) is 2.07. The second-order valence-electron chi connectivity index (χ2n) is 6.79. The molecule has 0 saturated heterocycles. The SMILES string of the molecule is Cc1onc(-c2c(Cl)cccc2Cl)c1COc1ccc(C=CC(=O)NCCC(=O)O)cc1. The average Bonchev–Trinajstić information content (AvgIpc) is 3.11. The molecule has 0 aliphatic carbocycles. The van der Waals surface area contributed by atoms with E-state index >= 15 is 0 Å². The molecule has 3 rings (SSSR count). The largest absolute Gasteiger partial charge is 0.489 e. The maximum absolute atomic E-state index is 11.7. The minimum absolute atomic E-state index is 0.0783. The molecule has 0 aliphatic heterocycles. The van der Waals surface area contributed by atoms with E-state index in [-0.39, 0.29) is 25.5 Å². The molecule has 2 aromatic carbocycles. The molecule has 0 saturated carbocycles. The van der Waals surface area contributed by atoms with Crippen LogP contribution in [-0.2, 0) is 16.2 Å². The Balaban J connectivity index is 1.63. The van der Waals surface area contributed by atoms with E-state index < -0.39 is 5.97 Å². The predicted molar refractivity (Wildman–Crippen MR) is 122 cm³/mol. The van der Waals surface area contributed by atoms with E-state index in [9.17, 15) is 9.59 Å². The summed E-state index contributed by atoms with van der Waals surface area (Å²) in [7, 11) is 0. The number of carbonyl (C=O) groups excluding carboxylic acids is 1. The topological polar surface area (TPSA) is 102 Å². The third-order valence-corrected chi connectivity index (χ3v) is 5.14. The molecule has 0 radical (unpaired) electrons. The highest BCUT2D eigenvalue weighted by Gasteiger charge is 2.20. The van der Waals surface area contributed by atoms with Gasteiger partial charge in [0.15, 0.2) is 0 Å². The van der Waals surface area contributed by atoms with Crippen molar-refractivity contribution in [3.8, 4) is 17.0 Å². The average molecular weight is 475 g/mol. The van der Waals surface area contributed by atoms with Crippen molar-refractivity contribution in [2.24, 2.45) is 0 Å². The lowest BCUT2D eigenvalue weighted by Gasteiger charge is -2.09. The van der Waals surface area contributed by atoms with Crippen LogP contribution in [0.5, 0.6) is 5.75 Å². The number of nitrogens with zero attached hydrogens (tertiary/aromatic N) is 1. The molecule has 1 aromatic heterocycles. The molecule has 3 aromatic rings. The van der Waals surface area contributed by atoms with Gasteiger partial charge >= 0.3 is 5.97 Å². The molecule has 0 atom stereocenters. The fraction of sp³-hybridized carbons (Fsp3) is 0.174. The number of aryl methyl sites for hydroxylation is 1. The number of ether oxygens (including phenoxy) is 1. The van der Waals surface area contributed by atoms with Gasteiger partial charge in [-0.2, -0.15) is 0 Å². The molecular weight excluding hydrogens is 455 g/mol.